The van der Waals surface area contributed by atoms with Crippen molar-refractivity contribution in [3.8, 4) is 0 Å². The second-order valence-electron chi connectivity index (χ2n) is 4.48. The van der Waals surface area contributed by atoms with Crippen molar-refractivity contribution in [1.29, 1.82) is 0 Å². The van der Waals surface area contributed by atoms with Gasteiger partial charge in [0.15, 0.2) is 0 Å². The SMILES string of the molecule is CC(C)CC(=O)NCCOCCOC(C)C. The van der Waals surface area contributed by atoms with Gasteiger partial charge in [-0.25, -0.2) is 0 Å². The summed E-state index contributed by atoms with van der Waals surface area (Å²) in [5, 5.41) is 2.81. The van der Waals surface area contributed by atoms with Gasteiger partial charge in [0.1, 0.15) is 0 Å². The maximum Gasteiger partial charge on any atom is 0.220 e. The van der Waals surface area contributed by atoms with Gasteiger partial charge in [-0.05, 0) is 19.8 Å². The zero-order chi connectivity index (χ0) is 12.4. The van der Waals surface area contributed by atoms with Crippen LogP contribution in [0.5, 0.6) is 0 Å². The van der Waals surface area contributed by atoms with Gasteiger partial charge in [0, 0.05) is 13.0 Å². The Hall–Kier alpha value is -0.610. The second kappa shape index (κ2) is 9.60. The number of hydrogen-bond donors (Lipinski definition) is 1. The molecule has 0 spiro atoms. The molecule has 0 radical (unpaired) electrons. The molecule has 0 saturated heterocycles. The average Bonchev–Trinajstić information content (AvgIpc) is 2.14. The van der Waals surface area contributed by atoms with Crippen LogP contribution in [-0.4, -0.2) is 38.4 Å². The average molecular weight is 231 g/mol. The Bertz CT molecular complexity index is 181. The molecule has 4 heteroatoms. The van der Waals surface area contributed by atoms with E-state index in [9.17, 15) is 4.79 Å². The molecule has 0 aliphatic heterocycles. The molecule has 0 heterocycles. The topological polar surface area (TPSA) is 47.6 Å². The molecule has 96 valence electrons. The third-order valence-corrected chi connectivity index (χ3v) is 1.84. The highest BCUT2D eigenvalue weighted by molar-refractivity contribution is 5.75. The molecule has 0 saturated carbocycles. The minimum absolute atomic E-state index is 0.0945. The minimum Gasteiger partial charge on any atom is -0.377 e. The molecule has 4 nitrogen and oxygen atoms in total. The van der Waals surface area contributed by atoms with E-state index in [1.165, 1.54) is 0 Å². The first kappa shape index (κ1) is 15.4. The van der Waals surface area contributed by atoms with Crippen molar-refractivity contribution >= 4 is 5.91 Å². The molecule has 0 aromatic carbocycles. The maximum atomic E-state index is 11.2. The molecule has 0 unspecified atom stereocenters. The van der Waals surface area contributed by atoms with E-state index in [0.717, 1.165) is 0 Å². The summed E-state index contributed by atoms with van der Waals surface area (Å²) in [6.45, 7) is 10.4. The Kier molecular flexibility index (Phi) is 9.24. The molecule has 0 atom stereocenters. The van der Waals surface area contributed by atoms with Gasteiger partial charge >= 0.3 is 0 Å². The van der Waals surface area contributed by atoms with E-state index in [4.69, 9.17) is 9.47 Å². The third kappa shape index (κ3) is 11.5. The zero-order valence-corrected chi connectivity index (χ0v) is 10.9. The van der Waals surface area contributed by atoms with Gasteiger partial charge in [0.25, 0.3) is 0 Å². The fraction of sp³-hybridized carbons (Fsp3) is 0.917. The summed E-state index contributed by atoms with van der Waals surface area (Å²) < 4.78 is 10.6. The zero-order valence-electron chi connectivity index (χ0n) is 10.9. The molecular weight excluding hydrogens is 206 g/mol. The van der Waals surface area contributed by atoms with E-state index < -0.39 is 0 Å². The third-order valence-electron chi connectivity index (χ3n) is 1.84. The highest BCUT2D eigenvalue weighted by Gasteiger charge is 2.03. The van der Waals surface area contributed by atoms with Crippen molar-refractivity contribution < 1.29 is 14.3 Å². The molecule has 0 aromatic rings. The van der Waals surface area contributed by atoms with Crippen LogP contribution in [0.3, 0.4) is 0 Å². The van der Waals surface area contributed by atoms with Gasteiger partial charge in [-0.15, -0.1) is 0 Å². The lowest BCUT2D eigenvalue weighted by Crippen LogP contribution is -2.28. The van der Waals surface area contributed by atoms with Crippen LogP contribution in [0.4, 0.5) is 0 Å². The van der Waals surface area contributed by atoms with Crippen molar-refractivity contribution in [2.24, 2.45) is 5.92 Å². The summed E-state index contributed by atoms with van der Waals surface area (Å²) in [5.41, 5.74) is 0. The Morgan fingerprint density at radius 3 is 2.38 bits per heavy atom. The summed E-state index contributed by atoms with van der Waals surface area (Å²) in [4.78, 5) is 11.2. The van der Waals surface area contributed by atoms with E-state index >= 15 is 0 Å². The summed E-state index contributed by atoms with van der Waals surface area (Å²) in [7, 11) is 0. The van der Waals surface area contributed by atoms with E-state index in [1.54, 1.807) is 0 Å². The van der Waals surface area contributed by atoms with Crippen LogP contribution < -0.4 is 5.32 Å². The number of carbonyl (C=O) groups excluding carboxylic acids is 1. The van der Waals surface area contributed by atoms with Crippen molar-refractivity contribution in [1.82, 2.24) is 5.32 Å². The molecule has 0 aliphatic carbocycles. The van der Waals surface area contributed by atoms with Crippen molar-refractivity contribution in [2.45, 2.75) is 40.2 Å². The summed E-state index contributed by atoms with van der Waals surface area (Å²) in [6, 6.07) is 0. The first-order valence-corrected chi connectivity index (χ1v) is 5.98. The number of amides is 1. The summed E-state index contributed by atoms with van der Waals surface area (Å²) >= 11 is 0. The van der Waals surface area contributed by atoms with Crippen molar-refractivity contribution in [3.63, 3.8) is 0 Å². The van der Waals surface area contributed by atoms with Gasteiger partial charge in [-0.2, -0.15) is 0 Å². The predicted octanol–water partition coefficient (Wildman–Crippen LogP) is 1.59. The number of carbonyl (C=O) groups is 1. The lowest BCUT2D eigenvalue weighted by Gasteiger charge is -2.09. The standard InChI is InChI=1S/C12H25NO3/c1-10(2)9-12(14)13-5-6-15-7-8-16-11(3)4/h10-11H,5-9H2,1-4H3,(H,13,14). The monoisotopic (exact) mass is 231 g/mol. The van der Waals surface area contributed by atoms with E-state index in [0.29, 0.717) is 38.7 Å². The maximum absolute atomic E-state index is 11.2. The number of hydrogen-bond acceptors (Lipinski definition) is 3. The molecule has 1 amide bonds. The Balaban J connectivity index is 3.18. The molecule has 0 aromatic heterocycles. The van der Waals surface area contributed by atoms with Crippen LogP contribution in [0.1, 0.15) is 34.1 Å². The van der Waals surface area contributed by atoms with Crippen LogP contribution in [0.2, 0.25) is 0 Å². The fourth-order valence-electron chi connectivity index (χ4n) is 1.15. The van der Waals surface area contributed by atoms with Crippen LogP contribution >= 0.6 is 0 Å². The van der Waals surface area contributed by atoms with E-state index in [1.807, 2.05) is 27.7 Å². The van der Waals surface area contributed by atoms with Crippen LogP contribution in [0.25, 0.3) is 0 Å². The Morgan fingerprint density at radius 2 is 1.81 bits per heavy atom. The second-order valence-corrected chi connectivity index (χ2v) is 4.48. The Morgan fingerprint density at radius 1 is 1.12 bits per heavy atom. The first-order chi connectivity index (χ1) is 7.52. The lowest BCUT2D eigenvalue weighted by atomic mass is 10.1. The van der Waals surface area contributed by atoms with Crippen LogP contribution in [-0.2, 0) is 14.3 Å². The predicted molar refractivity (Wildman–Crippen MR) is 64.4 cm³/mol. The van der Waals surface area contributed by atoms with Crippen LogP contribution in [0, 0.1) is 5.92 Å². The molecule has 0 fully saturated rings. The van der Waals surface area contributed by atoms with Crippen molar-refractivity contribution in [2.75, 3.05) is 26.4 Å². The smallest absolute Gasteiger partial charge is 0.220 e. The summed E-state index contributed by atoms with van der Waals surface area (Å²) in [5.74, 6) is 0.498. The molecule has 0 aliphatic rings. The number of rotatable bonds is 9. The first-order valence-electron chi connectivity index (χ1n) is 5.98. The van der Waals surface area contributed by atoms with Gasteiger partial charge < -0.3 is 14.8 Å². The minimum atomic E-state index is 0.0945. The lowest BCUT2D eigenvalue weighted by molar-refractivity contribution is -0.122. The highest BCUT2D eigenvalue weighted by Crippen LogP contribution is 1.97. The molecule has 16 heavy (non-hydrogen) atoms. The largest absolute Gasteiger partial charge is 0.377 e. The quantitative estimate of drug-likeness (QED) is 0.613. The van der Waals surface area contributed by atoms with Gasteiger partial charge in [0.05, 0.1) is 25.9 Å². The fourth-order valence-corrected chi connectivity index (χ4v) is 1.15. The molecule has 0 rings (SSSR count). The highest BCUT2D eigenvalue weighted by atomic mass is 16.5. The number of nitrogens with one attached hydrogen (secondary N) is 1. The molecule has 0 bridgehead atoms. The van der Waals surface area contributed by atoms with E-state index in [-0.39, 0.29) is 12.0 Å². The van der Waals surface area contributed by atoms with Gasteiger partial charge in [-0.1, -0.05) is 13.8 Å². The van der Waals surface area contributed by atoms with E-state index in [2.05, 4.69) is 5.32 Å². The molecule has 1 N–H and O–H groups in total. The number of ether oxygens (including phenoxy) is 2. The van der Waals surface area contributed by atoms with Gasteiger partial charge in [-0.3, -0.25) is 4.79 Å². The molecular formula is C12H25NO3. The van der Waals surface area contributed by atoms with Crippen molar-refractivity contribution in [3.05, 3.63) is 0 Å². The van der Waals surface area contributed by atoms with Crippen LogP contribution in [0.15, 0.2) is 0 Å². The summed E-state index contributed by atoms with van der Waals surface area (Å²) in [6.07, 6.45) is 0.825. The normalized spacial score (nSPS) is 11.1. The van der Waals surface area contributed by atoms with Gasteiger partial charge in [0.2, 0.25) is 5.91 Å². The Labute approximate surface area is 98.7 Å².